The van der Waals surface area contributed by atoms with Crippen LogP contribution in [0, 0.1) is 6.92 Å². The van der Waals surface area contributed by atoms with Crippen LogP contribution in [0.5, 0.6) is 0 Å². The molecule has 122 valence electrons. The summed E-state index contributed by atoms with van der Waals surface area (Å²) in [4.78, 5) is 28.7. The fourth-order valence-electron chi connectivity index (χ4n) is 2.67. The number of nitrogens with zero attached hydrogens (tertiary/aromatic N) is 3. The first-order valence-electron chi connectivity index (χ1n) is 7.72. The summed E-state index contributed by atoms with van der Waals surface area (Å²) in [6.45, 7) is 3.60. The molecule has 0 saturated carbocycles. The molecule has 0 bridgehead atoms. The predicted octanol–water partition coefficient (Wildman–Crippen LogP) is 1.98. The van der Waals surface area contributed by atoms with Crippen LogP contribution in [-0.4, -0.2) is 20.7 Å². The van der Waals surface area contributed by atoms with Crippen molar-refractivity contribution in [2.24, 2.45) is 0 Å². The standard InChI is InChI=1S/C18H18N4O2/c1-12(14-7-9-19-10-8-14)20-17(23)11-22-18(24)16-6-4-3-5-15(16)13(2)21-22/h3-10,12H,11H2,1-2H3,(H,20,23). The van der Waals surface area contributed by atoms with Gasteiger partial charge in [0.1, 0.15) is 6.54 Å². The van der Waals surface area contributed by atoms with Gasteiger partial charge in [0.25, 0.3) is 5.56 Å². The zero-order chi connectivity index (χ0) is 17.1. The molecule has 2 heterocycles. The number of hydrogen-bond acceptors (Lipinski definition) is 4. The molecule has 0 radical (unpaired) electrons. The first-order valence-corrected chi connectivity index (χ1v) is 7.72. The third kappa shape index (κ3) is 3.17. The van der Waals surface area contributed by atoms with Crippen LogP contribution in [-0.2, 0) is 11.3 Å². The van der Waals surface area contributed by atoms with Crippen LogP contribution < -0.4 is 10.9 Å². The van der Waals surface area contributed by atoms with E-state index in [1.165, 1.54) is 4.68 Å². The summed E-state index contributed by atoms with van der Waals surface area (Å²) < 4.78 is 1.21. The molecule has 0 aliphatic heterocycles. The molecule has 6 heteroatoms. The Morgan fingerprint density at radius 1 is 1.17 bits per heavy atom. The third-order valence-corrected chi connectivity index (χ3v) is 3.93. The van der Waals surface area contributed by atoms with Gasteiger partial charge in [0.2, 0.25) is 5.91 Å². The molecule has 0 aliphatic carbocycles. The Hall–Kier alpha value is -3.02. The lowest BCUT2D eigenvalue weighted by molar-refractivity contribution is -0.122. The number of carbonyl (C=O) groups is 1. The first-order chi connectivity index (χ1) is 11.6. The van der Waals surface area contributed by atoms with Gasteiger partial charge >= 0.3 is 0 Å². The van der Waals surface area contributed by atoms with Crippen molar-refractivity contribution < 1.29 is 4.79 Å². The number of rotatable bonds is 4. The van der Waals surface area contributed by atoms with Gasteiger partial charge in [0, 0.05) is 17.8 Å². The van der Waals surface area contributed by atoms with E-state index in [1.807, 2.05) is 38.1 Å². The lowest BCUT2D eigenvalue weighted by Gasteiger charge is -2.15. The van der Waals surface area contributed by atoms with Gasteiger partial charge in [-0.05, 0) is 37.6 Å². The summed E-state index contributed by atoms with van der Waals surface area (Å²) in [5.74, 6) is -0.261. The van der Waals surface area contributed by atoms with Gasteiger partial charge in [-0.15, -0.1) is 0 Å². The number of carbonyl (C=O) groups excluding carboxylic acids is 1. The summed E-state index contributed by atoms with van der Waals surface area (Å²) in [6.07, 6.45) is 3.35. The smallest absolute Gasteiger partial charge is 0.275 e. The van der Waals surface area contributed by atoms with E-state index in [1.54, 1.807) is 24.5 Å². The van der Waals surface area contributed by atoms with Crippen molar-refractivity contribution in [3.63, 3.8) is 0 Å². The zero-order valence-corrected chi connectivity index (χ0v) is 13.6. The Balaban J connectivity index is 1.81. The number of benzene rings is 1. The van der Waals surface area contributed by atoms with Crippen molar-refractivity contribution in [3.05, 3.63) is 70.4 Å². The fraction of sp³-hybridized carbons (Fsp3) is 0.222. The van der Waals surface area contributed by atoms with Crippen LogP contribution in [0.25, 0.3) is 10.8 Å². The average molecular weight is 322 g/mol. The number of fused-ring (bicyclic) bond motifs is 1. The topological polar surface area (TPSA) is 76.9 Å². The second-order valence-electron chi connectivity index (χ2n) is 5.66. The van der Waals surface area contributed by atoms with Crippen LogP contribution in [0.3, 0.4) is 0 Å². The molecule has 6 nitrogen and oxygen atoms in total. The maximum absolute atomic E-state index is 12.5. The summed E-state index contributed by atoms with van der Waals surface area (Å²) >= 11 is 0. The fourth-order valence-corrected chi connectivity index (χ4v) is 2.67. The number of aryl methyl sites for hydroxylation is 1. The lowest BCUT2D eigenvalue weighted by atomic mass is 10.1. The second-order valence-corrected chi connectivity index (χ2v) is 5.66. The van der Waals surface area contributed by atoms with Gasteiger partial charge in [-0.2, -0.15) is 5.10 Å². The van der Waals surface area contributed by atoms with Gasteiger partial charge in [-0.1, -0.05) is 18.2 Å². The molecule has 0 aliphatic rings. The van der Waals surface area contributed by atoms with Crippen molar-refractivity contribution in [3.8, 4) is 0 Å². The van der Waals surface area contributed by atoms with Gasteiger partial charge < -0.3 is 5.32 Å². The number of pyridine rings is 1. The van der Waals surface area contributed by atoms with Crippen molar-refractivity contribution >= 4 is 16.7 Å². The highest BCUT2D eigenvalue weighted by Gasteiger charge is 2.13. The van der Waals surface area contributed by atoms with E-state index >= 15 is 0 Å². The Morgan fingerprint density at radius 2 is 1.83 bits per heavy atom. The molecule has 2 aromatic heterocycles. The van der Waals surface area contributed by atoms with Gasteiger partial charge in [-0.3, -0.25) is 14.6 Å². The zero-order valence-electron chi connectivity index (χ0n) is 13.6. The highest BCUT2D eigenvalue weighted by Crippen LogP contribution is 2.12. The highest BCUT2D eigenvalue weighted by molar-refractivity contribution is 5.83. The molecule has 3 rings (SSSR count). The van der Waals surface area contributed by atoms with Crippen molar-refractivity contribution in [2.45, 2.75) is 26.4 Å². The average Bonchev–Trinajstić information content (AvgIpc) is 2.60. The molecule has 1 aromatic carbocycles. The van der Waals surface area contributed by atoms with Crippen LogP contribution in [0.1, 0.15) is 24.2 Å². The van der Waals surface area contributed by atoms with Crippen LogP contribution in [0.15, 0.2) is 53.6 Å². The molecule has 3 aromatic rings. The largest absolute Gasteiger partial charge is 0.348 e. The Labute approximate surface area is 139 Å². The maximum Gasteiger partial charge on any atom is 0.275 e. The molecule has 1 N–H and O–H groups in total. The monoisotopic (exact) mass is 322 g/mol. The molecular weight excluding hydrogens is 304 g/mol. The predicted molar refractivity (Wildman–Crippen MR) is 91.5 cm³/mol. The summed E-state index contributed by atoms with van der Waals surface area (Å²) in [6, 6.07) is 10.8. The van der Waals surface area contributed by atoms with E-state index in [0.717, 1.165) is 16.6 Å². The van der Waals surface area contributed by atoms with Crippen molar-refractivity contribution in [1.82, 2.24) is 20.1 Å². The van der Waals surface area contributed by atoms with Gasteiger partial charge in [0.05, 0.1) is 17.1 Å². The molecule has 0 fully saturated rings. The Kier molecular flexibility index (Phi) is 4.37. The summed E-state index contributed by atoms with van der Waals surface area (Å²) in [5, 5.41) is 8.51. The molecule has 0 spiro atoms. The number of aromatic nitrogens is 3. The van der Waals surface area contributed by atoms with E-state index in [2.05, 4.69) is 15.4 Å². The summed E-state index contributed by atoms with van der Waals surface area (Å²) in [7, 11) is 0. The van der Waals surface area contributed by atoms with Crippen molar-refractivity contribution in [2.75, 3.05) is 0 Å². The normalized spacial score (nSPS) is 12.1. The third-order valence-electron chi connectivity index (χ3n) is 3.93. The molecule has 1 atom stereocenters. The molecule has 1 unspecified atom stereocenters. The number of nitrogens with one attached hydrogen (secondary N) is 1. The van der Waals surface area contributed by atoms with Gasteiger partial charge in [0.15, 0.2) is 0 Å². The van der Waals surface area contributed by atoms with Crippen LogP contribution >= 0.6 is 0 Å². The highest BCUT2D eigenvalue weighted by atomic mass is 16.2. The molecule has 24 heavy (non-hydrogen) atoms. The molecule has 1 amide bonds. The minimum Gasteiger partial charge on any atom is -0.348 e. The van der Waals surface area contributed by atoms with Crippen molar-refractivity contribution in [1.29, 1.82) is 0 Å². The molecular formula is C18H18N4O2. The van der Waals surface area contributed by atoms with Crippen LogP contribution in [0.4, 0.5) is 0 Å². The van der Waals surface area contributed by atoms with E-state index < -0.39 is 0 Å². The Morgan fingerprint density at radius 3 is 2.54 bits per heavy atom. The van der Waals surface area contributed by atoms with E-state index in [-0.39, 0.29) is 24.1 Å². The number of amides is 1. The quantitative estimate of drug-likeness (QED) is 0.797. The van der Waals surface area contributed by atoms with Gasteiger partial charge in [-0.25, -0.2) is 4.68 Å². The number of hydrogen-bond donors (Lipinski definition) is 1. The minimum atomic E-state index is -0.261. The van der Waals surface area contributed by atoms with E-state index in [4.69, 9.17) is 0 Å². The summed E-state index contributed by atoms with van der Waals surface area (Å²) in [5.41, 5.74) is 1.41. The second kappa shape index (κ2) is 6.62. The minimum absolute atomic E-state index is 0.111. The lowest BCUT2D eigenvalue weighted by Crippen LogP contribution is -2.35. The van der Waals surface area contributed by atoms with Crippen LogP contribution in [0.2, 0.25) is 0 Å². The first kappa shape index (κ1) is 15.9. The van der Waals surface area contributed by atoms with E-state index in [9.17, 15) is 9.59 Å². The van der Waals surface area contributed by atoms with E-state index in [0.29, 0.717) is 5.39 Å². The Bertz CT molecular complexity index is 935. The maximum atomic E-state index is 12.5. The SMILES string of the molecule is Cc1nn(CC(=O)NC(C)c2ccncc2)c(=O)c2ccccc12. The molecule has 0 saturated heterocycles.